The standard InChI is InChI=1S/C15H17ClFNO.ClH/c1-10(2)8-18-9-12-4-6-15(19-12)11-3-5-14(17)13(16)7-11;/h3-7,10,18H,8-9H2,1-2H3;1H. The first-order valence-corrected chi connectivity index (χ1v) is 6.69. The summed E-state index contributed by atoms with van der Waals surface area (Å²) in [5.41, 5.74) is 0.779. The van der Waals surface area contributed by atoms with Crippen molar-refractivity contribution >= 4 is 24.0 Å². The summed E-state index contributed by atoms with van der Waals surface area (Å²) in [6, 6.07) is 8.36. The number of furan rings is 1. The predicted octanol–water partition coefficient (Wildman–Crippen LogP) is 4.91. The highest BCUT2D eigenvalue weighted by Gasteiger charge is 2.07. The molecule has 2 nitrogen and oxygen atoms in total. The van der Waals surface area contributed by atoms with Crippen LogP contribution in [0.3, 0.4) is 0 Å². The molecule has 20 heavy (non-hydrogen) atoms. The van der Waals surface area contributed by atoms with Crippen LogP contribution >= 0.6 is 24.0 Å². The van der Waals surface area contributed by atoms with Gasteiger partial charge in [0.2, 0.25) is 0 Å². The molecule has 0 radical (unpaired) electrons. The number of hydrogen-bond acceptors (Lipinski definition) is 2. The molecular weight excluding hydrogens is 300 g/mol. The van der Waals surface area contributed by atoms with Gasteiger partial charge in [0, 0.05) is 5.56 Å². The van der Waals surface area contributed by atoms with Gasteiger partial charge < -0.3 is 9.73 Å². The molecule has 110 valence electrons. The van der Waals surface area contributed by atoms with Crippen molar-refractivity contribution in [1.82, 2.24) is 5.32 Å². The summed E-state index contributed by atoms with van der Waals surface area (Å²) < 4.78 is 18.8. The van der Waals surface area contributed by atoms with Crippen LogP contribution in [0.5, 0.6) is 0 Å². The fraction of sp³-hybridized carbons (Fsp3) is 0.333. The van der Waals surface area contributed by atoms with E-state index in [2.05, 4.69) is 19.2 Å². The van der Waals surface area contributed by atoms with Crippen molar-refractivity contribution in [2.75, 3.05) is 6.54 Å². The lowest BCUT2D eigenvalue weighted by atomic mass is 10.2. The van der Waals surface area contributed by atoms with E-state index in [-0.39, 0.29) is 17.4 Å². The molecule has 0 saturated heterocycles. The molecule has 5 heteroatoms. The Morgan fingerprint density at radius 3 is 2.65 bits per heavy atom. The fourth-order valence-electron chi connectivity index (χ4n) is 1.76. The largest absolute Gasteiger partial charge is 0.460 e. The first-order valence-electron chi connectivity index (χ1n) is 6.31. The molecule has 0 atom stereocenters. The highest BCUT2D eigenvalue weighted by Crippen LogP contribution is 2.26. The molecular formula is C15H18Cl2FNO. The summed E-state index contributed by atoms with van der Waals surface area (Å²) >= 11 is 5.76. The van der Waals surface area contributed by atoms with Gasteiger partial charge in [0.15, 0.2) is 0 Å². The van der Waals surface area contributed by atoms with E-state index in [1.165, 1.54) is 6.07 Å². The zero-order chi connectivity index (χ0) is 13.8. The minimum Gasteiger partial charge on any atom is -0.460 e. The van der Waals surface area contributed by atoms with Crippen LogP contribution in [0.25, 0.3) is 11.3 Å². The van der Waals surface area contributed by atoms with Crippen LogP contribution in [-0.4, -0.2) is 6.54 Å². The van der Waals surface area contributed by atoms with Crippen molar-refractivity contribution in [3.63, 3.8) is 0 Å². The third-order valence-electron chi connectivity index (χ3n) is 2.72. The number of hydrogen-bond donors (Lipinski definition) is 1. The van der Waals surface area contributed by atoms with Crippen LogP contribution in [0.2, 0.25) is 5.02 Å². The summed E-state index contributed by atoms with van der Waals surface area (Å²) in [5, 5.41) is 3.41. The number of halogens is 3. The highest BCUT2D eigenvalue weighted by molar-refractivity contribution is 6.31. The third-order valence-corrected chi connectivity index (χ3v) is 3.01. The van der Waals surface area contributed by atoms with Crippen LogP contribution < -0.4 is 5.32 Å². The van der Waals surface area contributed by atoms with Crippen molar-refractivity contribution in [2.24, 2.45) is 5.92 Å². The second-order valence-electron chi connectivity index (χ2n) is 4.92. The molecule has 0 aliphatic heterocycles. The normalized spacial score (nSPS) is 10.7. The quantitative estimate of drug-likeness (QED) is 0.847. The van der Waals surface area contributed by atoms with Gasteiger partial charge in [-0.2, -0.15) is 0 Å². The van der Waals surface area contributed by atoms with Crippen molar-refractivity contribution in [3.8, 4) is 11.3 Å². The van der Waals surface area contributed by atoms with Crippen molar-refractivity contribution in [1.29, 1.82) is 0 Å². The summed E-state index contributed by atoms with van der Waals surface area (Å²) in [7, 11) is 0. The molecule has 1 aromatic carbocycles. The van der Waals surface area contributed by atoms with Gasteiger partial charge in [0.25, 0.3) is 0 Å². The zero-order valence-corrected chi connectivity index (χ0v) is 13.0. The number of benzene rings is 1. The molecule has 1 N–H and O–H groups in total. The highest BCUT2D eigenvalue weighted by atomic mass is 35.5. The molecule has 0 spiro atoms. The summed E-state index contributed by atoms with van der Waals surface area (Å²) in [4.78, 5) is 0. The smallest absolute Gasteiger partial charge is 0.141 e. The maximum Gasteiger partial charge on any atom is 0.141 e. The van der Waals surface area contributed by atoms with E-state index in [1.807, 2.05) is 12.1 Å². The topological polar surface area (TPSA) is 25.2 Å². The van der Waals surface area contributed by atoms with Crippen molar-refractivity contribution in [2.45, 2.75) is 20.4 Å². The van der Waals surface area contributed by atoms with Gasteiger partial charge in [-0.25, -0.2) is 4.39 Å². The second-order valence-corrected chi connectivity index (χ2v) is 5.33. The van der Waals surface area contributed by atoms with E-state index in [0.717, 1.165) is 17.9 Å². The summed E-state index contributed by atoms with van der Waals surface area (Å²) in [6.45, 7) is 5.94. The lowest BCUT2D eigenvalue weighted by Gasteiger charge is -2.05. The predicted molar refractivity (Wildman–Crippen MR) is 82.9 cm³/mol. The lowest BCUT2D eigenvalue weighted by Crippen LogP contribution is -2.18. The average Bonchev–Trinajstić information content (AvgIpc) is 2.81. The van der Waals surface area contributed by atoms with E-state index in [4.69, 9.17) is 16.0 Å². The number of rotatable bonds is 5. The van der Waals surface area contributed by atoms with E-state index in [1.54, 1.807) is 12.1 Å². The Hall–Kier alpha value is -1.03. The van der Waals surface area contributed by atoms with Crippen LogP contribution in [0.4, 0.5) is 4.39 Å². The Kier molecular flexibility index (Phi) is 6.53. The Balaban J connectivity index is 0.00000200. The van der Waals surface area contributed by atoms with Crippen molar-refractivity contribution in [3.05, 3.63) is 46.9 Å². The van der Waals surface area contributed by atoms with E-state index < -0.39 is 5.82 Å². The zero-order valence-electron chi connectivity index (χ0n) is 11.5. The molecule has 1 heterocycles. The monoisotopic (exact) mass is 317 g/mol. The fourth-order valence-corrected chi connectivity index (χ4v) is 1.94. The maximum atomic E-state index is 13.1. The van der Waals surface area contributed by atoms with Crippen LogP contribution in [0.15, 0.2) is 34.7 Å². The van der Waals surface area contributed by atoms with Gasteiger partial charge in [0.05, 0.1) is 11.6 Å². The van der Waals surface area contributed by atoms with Gasteiger partial charge in [-0.1, -0.05) is 25.4 Å². The van der Waals surface area contributed by atoms with Crippen molar-refractivity contribution < 1.29 is 8.81 Å². The van der Waals surface area contributed by atoms with Gasteiger partial charge in [0.1, 0.15) is 17.3 Å². The third kappa shape index (κ3) is 4.51. The second kappa shape index (κ2) is 7.67. The van der Waals surface area contributed by atoms with Gasteiger partial charge >= 0.3 is 0 Å². The van der Waals surface area contributed by atoms with Gasteiger partial charge in [-0.3, -0.25) is 0 Å². The molecule has 0 unspecified atom stereocenters. The first-order chi connectivity index (χ1) is 9.06. The molecule has 0 aliphatic carbocycles. The average molecular weight is 318 g/mol. The molecule has 0 aliphatic rings. The first kappa shape index (κ1) is 17.0. The summed E-state index contributed by atoms with van der Waals surface area (Å²) in [5.74, 6) is 1.74. The minimum atomic E-state index is -0.421. The van der Waals surface area contributed by atoms with E-state index in [9.17, 15) is 4.39 Å². The Morgan fingerprint density at radius 2 is 2.00 bits per heavy atom. The minimum absolute atomic E-state index is 0. The van der Waals surface area contributed by atoms with Crippen LogP contribution in [0, 0.1) is 11.7 Å². The Labute approximate surface area is 129 Å². The van der Waals surface area contributed by atoms with Crippen LogP contribution in [-0.2, 0) is 6.54 Å². The summed E-state index contributed by atoms with van der Waals surface area (Å²) in [6.07, 6.45) is 0. The Bertz CT molecular complexity index is 555. The molecule has 1 aromatic heterocycles. The van der Waals surface area contributed by atoms with Gasteiger partial charge in [-0.15, -0.1) is 12.4 Å². The van der Waals surface area contributed by atoms with Gasteiger partial charge in [-0.05, 0) is 42.8 Å². The van der Waals surface area contributed by atoms with E-state index in [0.29, 0.717) is 18.2 Å². The van der Waals surface area contributed by atoms with Crippen LogP contribution in [0.1, 0.15) is 19.6 Å². The Morgan fingerprint density at radius 1 is 1.25 bits per heavy atom. The lowest BCUT2D eigenvalue weighted by molar-refractivity contribution is 0.472. The molecule has 0 bridgehead atoms. The molecule has 0 amide bonds. The number of nitrogens with one attached hydrogen (secondary N) is 1. The maximum absolute atomic E-state index is 13.1. The molecule has 0 saturated carbocycles. The SMILES string of the molecule is CC(C)CNCc1ccc(-c2ccc(F)c(Cl)c2)o1.Cl. The molecule has 2 rings (SSSR count). The molecule has 2 aromatic rings. The van der Waals surface area contributed by atoms with E-state index >= 15 is 0 Å². The molecule has 0 fully saturated rings.